The number of allylic oxidation sites excluding steroid dienone is 8. The summed E-state index contributed by atoms with van der Waals surface area (Å²) >= 11 is 0. The summed E-state index contributed by atoms with van der Waals surface area (Å²) in [4.78, 5) is 0. The number of hydrogen-bond donors (Lipinski definition) is 1. The van der Waals surface area contributed by atoms with E-state index < -0.39 is 0 Å². The Morgan fingerprint density at radius 2 is 1.58 bits per heavy atom. The highest BCUT2D eigenvalue weighted by atomic mass is 14.4. The fourth-order valence-corrected chi connectivity index (χ4v) is 1.58. The van der Waals surface area contributed by atoms with Gasteiger partial charge >= 0.3 is 0 Å². The van der Waals surface area contributed by atoms with Crippen molar-refractivity contribution in [3.63, 3.8) is 0 Å². The van der Waals surface area contributed by atoms with Crippen molar-refractivity contribution in [1.82, 2.24) is 0 Å². The van der Waals surface area contributed by atoms with Gasteiger partial charge in [-0.3, -0.25) is 0 Å². The van der Waals surface area contributed by atoms with Gasteiger partial charge in [-0.25, -0.2) is 0 Å². The first kappa shape index (κ1) is 7.29. The summed E-state index contributed by atoms with van der Waals surface area (Å²) in [7, 11) is 0. The van der Waals surface area contributed by atoms with E-state index in [4.69, 9.17) is 5.41 Å². The summed E-state index contributed by atoms with van der Waals surface area (Å²) < 4.78 is 0. The monoisotopic (exact) mass is 157 g/mol. The summed E-state index contributed by atoms with van der Waals surface area (Å²) in [5.74, 6) is 0.641. The van der Waals surface area contributed by atoms with Crippen LogP contribution in [0.1, 0.15) is 0 Å². The molecule has 0 bridgehead atoms. The SMILES string of the molecule is N=C1C=CC=CC2C=CC=CC12. The minimum absolute atomic E-state index is 0.255. The zero-order valence-electron chi connectivity index (χ0n) is 6.77. The second-order valence-corrected chi connectivity index (χ2v) is 3.07. The first-order chi connectivity index (χ1) is 5.88. The smallest absolute Gasteiger partial charge is 0.0391 e. The van der Waals surface area contributed by atoms with Gasteiger partial charge < -0.3 is 5.41 Å². The topological polar surface area (TPSA) is 23.9 Å². The van der Waals surface area contributed by atoms with Crippen molar-refractivity contribution in [2.75, 3.05) is 0 Å². The molecule has 0 spiro atoms. The van der Waals surface area contributed by atoms with Crippen LogP contribution >= 0.6 is 0 Å². The van der Waals surface area contributed by atoms with Gasteiger partial charge in [-0.05, 0) is 6.08 Å². The predicted molar refractivity (Wildman–Crippen MR) is 51.3 cm³/mol. The Bertz CT molecular complexity index is 305. The average molecular weight is 157 g/mol. The molecule has 2 atom stereocenters. The van der Waals surface area contributed by atoms with Crippen LogP contribution in [-0.2, 0) is 0 Å². The van der Waals surface area contributed by atoms with E-state index in [-0.39, 0.29) is 5.92 Å². The first-order valence-electron chi connectivity index (χ1n) is 4.16. The molecule has 0 amide bonds. The largest absolute Gasteiger partial charge is 0.305 e. The highest BCUT2D eigenvalue weighted by molar-refractivity contribution is 5.96. The molecule has 0 radical (unpaired) electrons. The molecule has 0 aromatic heterocycles. The number of fused-ring (bicyclic) bond motifs is 1. The van der Waals surface area contributed by atoms with Crippen LogP contribution in [0.5, 0.6) is 0 Å². The minimum Gasteiger partial charge on any atom is -0.305 e. The Morgan fingerprint density at radius 1 is 0.917 bits per heavy atom. The lowest BCUT2D eigenvalue weighted by Crippen LogP contribution is -2.17. The van der Waals surface area contributed by atoms with Gasteiger partial charge in [0.1, 0.15) is 0 Å². The lowest BCUT2D eigenvalue weighted by molar-refractivity contribution is 0.704. The Kier molecular flexibility index (Phi) is 1.78. The van der Waals surface area contributed by atoms with Crippen molar-refractivity contribution in [1.29, 1.82) is 5.41 Å². The van der Waals surface area contributed by atoms with Gasteiger partial charge in [0.25, 0.3) is 0 Å². The van der Waals surface area contributed by atoms with Gasteiger partial charge in [0.05, 0.1) is 0 Å². The molecule has 1 nitrogen and oxygen atoms in total. The van der Waals surface area contributed by atoms with Crippen molar-refractivity contribution in [2.24, 2.45) is 11.8 Å². The van der Waals surface area contributed by atoms with Gasteiger partial charge in [-0.15, -0.1) is 0 Å². The van der Waals surface area contributed by atoms with Crippen LogP contribution in [-0.4, -0.2) is 5.71 Å². The summed E-state index contributed by atoms with van der Waals surface area (Å²) in [5.41, 5.74) is 0.700. The third-order valence-corrected chi connectivity index (χ3v) is 2.26. The fourth-order valence-electron chi connectivity index (χ4n) is 1.58. The molecule has 12 heavy (non-hydrogen) atoms. The zero-order valence-corrected chi connectivity index (χ0v) is 6.77. The highest BCUT2D eigenvalue weighted by Gasteiger charge is 2.19. The van der Waals surface area contributed by atoms with Crippen LogP contribution in [0.4, 0.5) is 0 Å². The molecule has 0 aliphatic heterocycles. The quantitative estimate of drug-likeness (QED) is 0.558. The van der Waals surface area contributed by atoms with E-state index in [2.05, 4.69) is 18.2 Å². The molecule has 2 aliphatic carbocycles. The molecule has 2 aliphatic rings. The third kappa shape index (κ3) is 1.18. The second kappa shape index (κ2) is 2.94. The van der Waals surface area contributed by atoms with Gasteiger partial charge in [-0.2, -0.15) is 0 Å². The molecule has 0 saturated carbocycles. The van der Waals surface area contributed by atoms with Crippen LogP contribution in [0.15, 0.2) is 48.6 Å². The lowest BCUT2D eigenvalue weighted by Gasteiger charge is -2.19. The van der Waals surface area contributed by atoms with Gasteiger partial charge in [-0.1, -0.05) is 42.5 Å². The molecular formula is C11H11N. The van der Waals surface area contributed by atoms with E-state index in [1.807, 2.05) is 30.4 Å². The number of nitrogens with one attached hydrogen (secondary N) is 1. The molecule has 1 heteroatoms. The molecule has 60 valence electrons. The predicted octanol–water partition coefficient (Wildman–Crippen LogP) is 2.49. The van der Waals surface area contributed by atoms with Crippen LogP contribution in [0.2, 0.25) is 0 Å². The van der Waals surface area contributed by atoms with Crippen molar-refractivity contribution in [2.45, 2.75) is 0 Å². The summed E-state index contributed by atoms with van der Waals surface area (Å²) in [6.07, 6.45) is 16.3. The van der Waals surface area contributed by atoms with E-state index in [9.17, 15) is 0 Å². The summed E-state index contributed by atoms with van der Waals surface area (Å²) in [6.45, 7) is 0. The summed E-state index contributed by atoms with van der Waals surface area (Å²) in [5, 5.41) is 7.74. The first-order valence-corrected chi connectivity index (χ1v) is 4.16. The average Bonchev–Trinajstić information content (AvgIpc) is 2.29. The molecule has 0 aromatic rings. The number of rotatable bonds is 0. The fraction of sp³-hybridized carbons (Fsp3) is 0.182. The van der Waals surface area contributed by atoms with Crippen molar-refractivity contribution in [3.8, 4) is 0 Å². The highest BCUT2D eigenvalue weighted by Crippen LogP contribution is 2.24. The third-order valence-electron chi connectivity index (χ3n) is 2.26. The normalized spacial score (nSPS) is 31.8. The van der Waals surface area contributed by atoms with Gasteiger partial charge in [0.2, 0.25) is 0 Å². The maximum absolute atomic E-state index is 7.74. The van der Waals surface area contributed by atoms with Crippen molar-refractivity contribution < 1.29 is 0 Å². The maximum atomic E-state index is 7.74. The van der Waals surface area contributed by atoms with Crippen LogP contribution < -0.4 is 0 Å². The summed E-state index contributed by atoms with van der Waals surface area (Å²) in [6, 6.07) is 0. The van der Waals surface area contributed by atoms with Gasteiger partial charge in [0, 0.05) is 17.5 Å². The van der Waals surface area contributed by atoms with Crippen LogP contribution in [0.25, 0.3) is 0 Å². The maximum Gasteiger partial charge on any atom is 0.0391 e. The minimum atomic E-state index is 0.255. The van der Waals surface area contributed by atoms with E-state index >= 15 is 0 Å². The molecule has 2 rings (SSSR count). The van der Waals surface area contributed by atoms with Crippen molar-refractivity contribution >= 4 is 5.71 Å². The molecule has 0 saturated heterocycles. The number of hydrogen-bond acceptors (Lipinski definition) is 1. The molecule has 1 N–H and O–H groups in total. The van der Waals surface area contributed by atoms with E-state index in [1.54, 1.807) is 0 Å². The van der Waals surface area contributed by atoms with Crippen molar-refractivity contribution in [3.05, 3.63) is 48.6 Å². The van der Waals surface area contributed by atoms with Gasteiger partial charge in [0.15, 0.2) is 0 Å². The Labute approximate surface area is 72.3 Å². The van der Waals surface area contributed by atoms with Crippen LogP contribution in [0, 0.1) is 17.2 Å². The standard InChI is InChI=1S/C11H11N/c12-11-8-4-2-6-9-5-1-3-7-10(9)11/h1-10,12H. The van der Waals surface area contributed by atoms with E-state index in [0.717, 1.165) is 0 Å². The molecule has 0 fully saturated rings. The van der Waals surface area contributed by atoms with E-state index in [0.29, 0.717) is 11.6 Å². The van der Waals surface area contributed by atoms with Crippen LogP contribution in [0.3, 0.4) is 0 Å². The molecule has 0 heterocycles. The molecule has 2 unspecified atom stereocenters. The second-order valence-electron chi connectivity index (χ2n) is 3.07. The Balaban J connectivity index is 2.34. The Morgan fingerprint density at radius 3 is 2.42 bits per heavy atom. The zero-order chi connectivity index (χ0) is 8.39. The Hall–Kier alpha value is -1.37. The molecular weight excluding hydrogens is 146 g/mol. The lowest BCUT2D eigenvalue weighted by atomic mass is 9.85. The van der Waals surface area contributed by atoms with E-state index in [1.165, 1.54) is 0 Å². The molecule has 0 aromatic carbocycles.